The van der Waals surface area contributed by atoms with Crippen LogP contribution in [0.25, 0.3) is 0 Å². The largest absolute Gasteiger partial charge is 0.496 e. The smallest absolute Gasteiger partial charge is 0.416 e. The first-order valence-electron chi connectivity index (χ1n) is 12.6. The van der Waals surface area contributed by atoms with E-state index in [1.807, 2.05) is 24.0 Å². The quantitative estimate of drug-likeness (QED) is 0.297. The van der Waals surface area contributed by atoms with E-state index in [0.717, 1.165) is 17.8 Å². The van der Waals surface area contributed by atoms with E-state index in [0.29, 0.717) is 37.5 Å². The maximum atomic E-state index is 13.6. The van der Waals surface area contributed by atoms with Gasteiger partial charge in [0.1, 0.15) is 5.75 Å². The molecule has 1 atom stereocenters. The van der Waals surface area contributed by atoms with Gasteiger partial charge in [0.2, 0.25) is 0 Å². The van der Waals surface area contributed by atoms with Crippen LogP contribution in [0, 0.1) is 20.8 Å². The lowest BCUT2D eigenvalue weighted by Crippen LogP contribution is -2.55. The lowest BCUT2D eigenvalue weighted by molar-refractivity contribution is -0.143. The summed E-state index contributed by atoms with van der Waals surface area (Å²) in [6, 6.07) is 14.8. The number of benzene rings is 3. The van der Waals surface area contributed by atoms with Crippen LogP contribution in [0.4, 0.5) is 32.0 Å². The van der Waals surface area contributed by atoms with E-state index in [1.54, 1.807) is 24.3 Å². The zero-order valence-electron chi connectivity index (χ0n) is 22.1. The molecule has 0 saturated carbocycles. The molecule has 1 saturated heterocycles. The normalized spacial score (nSPS) is 16.7. The number of para-hydroxylation sites is 1. The molecule has 0 aliphatic carbocycles. The Morgan fingerprint density at radius 1 is 0.795 bits per heavy atom. The van der Waals surface area contributed by atoms with Gasteiger partial charge >= 0.3 is 12.4 Å². The summed E-state index contributed by atoms with van der Waals surface area (Å²) in [5, 5.41) is 0. The van der Waals surface area contributed by atoms with Gasteiger partial charge in [0.15, 0.2) is 0 Å². The molecule has 1 radical (unpaired) electrons. The topological polar surface area (TPSA) is 15.7 Å². The molecule has 0 N–H and O–H groups in total. The van der Waals surface area contributed by atoms with Crippen LogP contribution in [0.15, 0.2) is 60.7 Å². The van der Waals surface area contributed by atoms with E-state index in [-0.39, 0.29) is 18.1 Å². The zero-order valence-corrected chi connectivity index (χ0v) is 22.1. The number of alkyl halides is 6. The highest BCUT2D eigenvalue weighted by molar-refractivity contribution is 5.56. The minimum Gasteiger partial charge on any atom is -0.496 e. The number of anilines is 1. The molecule has 39 heavy (non-hydrogen) atoms. The maximum Gasteiger partial charge on any atom is 0.416 e. The minimum atomic E-state index is -4.93. The zero-order chi connectivity index (χ0) is 28.6. The van der Waals surface area contributed by atoms with Crippen molar-refractivity contribution >= 4 is 5.69 Å². The molecule has 0 amide bonds. The van der Waals surface area contributed by atoms with Gasteiger partial charge in [-0.3, -0.25) is 4.90 Å². The number of rotatable bonds is 6. The third-order valence-electron chi connectivity index (χ3n) is 7.55. The second kappa shape index (κ2) is 10.8. The average molecular weight is 550 g/mol. The number of nitrogens with zero attached hydrogens (tertiary/aromatic N) is 2. The Balaban J connectivity index is 1.74. The maximum absolute atomic E-state index is 13.6. The monoisotopic (exact) mass is 549 g/mol. The molecule has 3 nitrogen and oxygen atoms in total. The summed E-state index contributed by atoms with van der Waals surface area (Å²) in [6.07, 6.45) is -10.0. The molecule has 209 valence electrons. The van der Waals surface area contributed by atoms with Crippen molar-refractivity contribution in [2.75, 3.05) is 38.2 Å². The lowest BCUT2D eigenvalue weighted by Gasteiger charge is -2.47. The summed E-state index contributed by atoms with van der Waals surface area (Å²) in [6.45, 7) is 10.8. The number of aryl methyl sites for hydroxylation is 1. The number of ether oxygens (including phenoxy) is 1. The summed E-state index contributed by atoms with van der Waals surface area (Å²) in [7, 11) is 1.48. The van der Waals surface area contributed by atoms with E-state index in [2.05, 4.69) is 24.8 Å². The van der Waals surface area contributed by atoms with Crippen molar-refractivity contribution in [1.82, 2.24) is 4.90 Å². The highest BCUT2D eigenvalue weighted by atomic mass is 19.4. The Labute approximate surface area is 225 Å². The summed E-state index contributed by atoms with van der Waals surface area (Å²) in [4.78, 5) is 4.27. The first kappa shape index (κ1) is 28.8. The third kappa shape index (κ3) is 6.03. The third-order valence-corrected chi connectivity index (χ3v) is 7.55. The van der Waals surface area contributed by atoms with Gasteiger partial charge in [0.05, 0.1) is 23.8 Å². The van der Waals surface area contributed by atoms with E-state index < -0.39 is 29.0 Å². The van der Waals surface area contributed by atoms with E-state index in [1.165, 1.54) is 18.2 Å². The van der Waals surface area contributed by atoms with Crippen molar-refractivity contribution in [3.8, 4) is 5.75 Å². The minimum absolute atomic E-state index is 0.102. The van der Waals surface area contributed by atoms with Crippen LogP contribution in [-0.4, -0.2) is 38.2 Å². The van der Waals surface area contributed by atoms with Gasteiger partial charge in [0.25, 0.3) is 0 Å². The number of methoxy groups -OCH3 is 1. The van der Waals surface area contributed by atoms with Crippen LogP contribution >= 0.6 is 0 Å². The first-order valence-corrected chi connectivity index (χ1v) is 12.6. The highest BCUT2D eigenvalue weighted by Gasteiger charge is 2.41. The van der Waals surface area contributed by atoms with Crippen molar-refractivity contribution in [2.45, 2.75) is 38.2 Å². The molecule has 0 spiro atoms. The predicted octanol–water partition coefficient (Wildman–Crippen LogP) is 7.44. The molecule has 3 aromatic rings. The Kier molecular flexibility index (Phi) is 7.94. The van der Waals surface area contributed by atoms with Gasteiger partial charge in [-0.2, -0.15) is 26.3 Å². The predicted molar refractivity (Wildman–Crippen MR) is 140 cm³/mol. The van der Waals surface area contributed by atoms with Gasteiger partial charge in [-0.1, -0.05) is 30.3 Å². The molecule has 1 fully saturated rings. The van der Waals surface area contributed by atoms with Crippen molar-refractivity contribution in [1.29, 1.82) is 0 Å². The Hall–Kier alpha value is -3.20. The summed E-state index contributed by atoms with van der Waals surface area (Å²) >= 11 is 0. The number of piperazine rings is 1. The van der Waals surface area contributed by atoms with Crippen molar-refractivity contribution < 1.29 is 31.1 Å². The second-order valence-corrected chi connectivity index (χ2v) is 10.0. The molecule has 1 heterocycles. The molecule has 3 aromatic carbocycles. The molecule has 0 aromatic heterocycles. The number of hydrogen-bond donors (Lipinski definition) is 0. The van der Waals surface area contributed by atoms with E-state index in [4.69, 9.17) is 4.74 Å². The van der Waals surface area contributed by atoms with Crippen LogP contribution in [0.2, 0.25) is 0 Å². The molecule has 1 aliphatic heterocycles. The van der Waals surface area contributed by atoms with Gasteiger partial charge in [-0.25, -0.2) is 0 Å². The van der Waals surface area contributed by atoms with Crippen LogP contribution in [-0.2, 0) is 24.3 Å². The summed E-state index contributed by atoms with van der Waals surface area (Å²) < 4.78 is 87.2. The van der Waals surface area contributed by atoms with Crippen LogP contribution in [0.1, 0.15) is 33.4 Å². The fourth-order valence-corrected chi connectivity index (χ4v) is 5.32. The molecule has 0 bridgehead atoms. The second-order valence-electron chi connectivity index (χ2n) is 10.0. The average Bonchev–Trinajstić information content (AvgIpc) is 2.89. The fourth-order valence-electron chi connectivity index (χ4n) is 5.32. The van der Waals surface area contributed by atoms with Gasteiger partial charge in [-0.05, 0) is 74.2 Å². The Morgan fingerprint density at radius 3 is 1.95 bits per heavy atom. The molecular formula is C30H31F6N2O. The Bertz CT molecular complexity index is 1280. The van der Waals surface area contributed by atoms with Crippen molar-refractivity contribution in [2.24, 2.45) is 0 Å². The summed E-state index contributed by atoms with van der Waals surface area (Å²) in [5.41, 5.74) is 0.0699. The van der Waals surface area contributed by atoms with Crippen LogP contribution in [0.5, 0.6) is 5.75 Å². The van der Waals surface area contributed by atoms with Crippen molar-refractivity contribution in [3.63, 3.8) is 0 Å². The van der Waals surface area contributed by atoms with Gasteiger partial charge < -0.3 is 9.64 Å². The molecule has 1 unspecified atom stereocenters. The lowest BCUT2D eigenvalue weighted by atomic mass is 9.82. The molecule has 4 rings (SSSR count). The van der Waals surface area contributed by atoms with Gasteiger partial charge in [0, 0.05) is 37.4 Å². The molecule has 1 aliphatic rings. The fraction of sp³-hybridized carbons (Fsp3) is 0.367. The van der Waals surface area contributed by atoms with Gasteiger partial charge in [-0.15, -0.1) is 0 Å². The molecule has 9 heteroatoms. The van der Waals surface area contributed by atoms with Crippen LogP contribution < -0.4 is 9.64 Å². The van der Waals surface area contributed by atoms with E-state index in [9.17, 15) is 26.3 Å². The first-order chi connectivity index (χ1) is 18.2. The van der Waals surface area contributed by atoms with Crippen LogP contribution in [0.3, 0.4) is 0 Å². The van der Waals surface area contributed by atoms with Crippen molar-refractivity contribution in [3.05, 3.63) is 101 Å². The summed E-state index contributed by atoms with van der Waals surface area (Å²) in [5.74, 6) is 0.465. The number of hydrogen-bond acceptors (Lipinski definition) is 3. The standard InChI is InChI=1S/C30H31F6N2O/c1-20-8-7-10-26(21(20)2)37-12-14-38(15-13-37)28(3,25-9-5-6-11-27(25)39-4)19-22-16-23(29(31,32)33)18-24(17-22)30(34,35)36/h5-11,16-18H,3,12-15,19H2,1-2,4H3. The highest BCUT2D eigenvalue weighted by Crippen LogP contribution is 2.41. The SMILES string of the molecule is [CH2]C(Cc1cc(C(F)(F)F)cc(C(F)(F)F)c1)(c1ccccc1OC)N1CCN(c2cccc(C)c2C)CC1. The number of halogens is 6. The van der Waals surface area contributed by atoms with E-state index >= 15 is 0 Å². The molecular weight excluding hydrogens is 518 g/mol. The Morgan fingerprint density at radius 2 is 1.38 bits per heavy atom.